The second kappa shape index (κ2) is 6.81. The molecule has 1 amide bonds. The molecule has 0 aromatic heterocycles. The molecule has 0 spiro atoms. The third-order valence-electron chi connectivity index (χ3n) is 6.28. The molecule has 1 N–H and O–H groups in total. The van der Waals surface area contributed by atoms with Crippen molar-refractivity contribution in [2.24, 2.45) is 17.3 Å². The van der Waals surface area contributed by atoms with Crippen LogP contribution in [0.15, 0.2) is 18.2 Å². The normalized spacial score (nSPS) is 27.6. The summed E-state index contributed by atoms with van der Waals surface area (Å²) in [5, 5.41) is 2.97. The molecule has 1 aliphatic heterocycles. The first-order valence-electron chi connectivity index (χ1n) is 9.58. The zero-order valence-electron chi connectivity index (χ0n) is 17.0. The summed E-state index contributed by atoms with van der Waals surface area (Å²) in [6.45, 7) is 12.4. The minimum atomic E-state index is -1.05. The third-order valence-corrected chi connectivity index (χ3v) is 7.11. The molecule has 1 aromatic rings. The molecular weight excluding hydrogens is 361 g/mol. The van der Waals surface area contributed by atoms with Crippen molar-refractivity contribution in [1.82, 2.24) is 5.32 Å². The highest BCUT2D eigenvalue weighted by molar-refractivity contribution is 6.48. The average molecular weight is 391 g/mol. The van der Waals surface area contributed by atoms with E-state index in [4.69, 9.17) is 4.43 Å². The van der Waals surface area contributed by atoms with Crippen molar-refractivity contribution < 1.29 is 18.4 Å². The van der Waals surface area contributed by atoms with Crippen molar-refractivity contribution in [2.45, 2.75) is 65.3 Å². The second-order valence-electron chi connectivity index (χ2n) is 9.19. The molecule has 27 heavy (non-hydrogen) atoms. The van der Waals surface area contributed by atoms with Gasteiger partial charge in [0.25, 0.3) is 0 Å². The van der Waals surface area contributed by atoms with Crippen LogP contribution in [0, 0.1) is 23.1 Å². The van der Waals surface area contributed by atoms with E-state index in [1.807, 2.05) is 6.92 Å². The van der Waals surface area contributed by atoms with Crippen molar-refractivity contribution >= 4 is 20.7 Å². The number of rotatable bonds is 4. The lowest BCUT2D eigenvalue weighted by atomic mass is 9.60. The first kappa shape index (κ1) is 20.2. The summed E-state index contributed by atoms with van der Waals surface area (Å²) in [5.41, 5.74) is 0.417. The van der Waals surface area contributed by atoms with Gasteiger partial charge in [-0.15, -0.1) is 0 Å². The number of carbonyl (C=O) groups excluding carboxylic acids is 2. The van der Waals surface area contributed by atoms with Crippen molar-refractivity contribution in [3.05, 3.63) is 35.1 Å². The van der Waals surface area contributed by atoms with Crippen molar-refractivity contribution in [3.63, 3.8) is 0 Å². The van der Waals surface area contributed by atoms with E-state index in [2.05, 4.69) is 39.2 Å². The van der Waals surface area contributed by atoms with E-state index < -0.39 is 20.5 Å². The van der Waals surface area contributed by atoms with Crippen LogP contribution in [0.25, 0.3) is 0 Å². The smallest absolute Gasteiger partial charge is 0.228 e. The van der Waals surface area contributed by atoms with E-state index in [0.29, 0.717) is 12.0 Å². The van der Waals surface area contributed by atoms with Crippen LogP contribution in [0.1, 0.15) is 50.0 Å². The fourth-order valence-electron chi connectivity index (χ4n) is 4.42. The number of hydrogen-bond donors (Lipinski definition) is 1. The van der Waals surface area contributed by atoms with E-state index in [9.17, 15) is 14.0 Å². The molecule has 6 heteroatoms. The van der Waals surface area contributed by atoms with Crippen molar-refractivity contribution in [3.8, 4) is 0 Å². The molecule has 1 fully saturated rings. The minimum Gasteiger partial charge on any atom is -0.411 e. The van der Waals surface area contributed by atoms with Crippen LogP contribution >= 0.6 is 0 Å². The number of benzene rings is 1. The molecule has 0 unspecified atom stereocenters. The van der Waals surface area contributed by atoms with Gasteiger partial charge in [-0.3, -0.25) is 9.59 Å². The van der Waals surface area contributed by atoms with Gasteiger partial charge < -0.3 is 9.74 Å². The van der Waals surface area contributed by atoms with Crippen LogP contribution < -0.4 is 5.32 Å². The molecular formula is C21H29FNO3Si. The molecule has 0 bridgehead atoms. The zero-order chi connectivity index (χ0) is 20.1. The number of amides is 1. The molecule has 1 saturated heterocycles. The van der Waals surface area contributed by atoms with Crippen LogP contribution in [0.4, 0.5) is 4.39 Å². The molecule has 1 aliphatic carbocycles. The lowest BCUT2D eigenvalue weighted by Crippen LogP contribution is -2.73. The first-order chi connectivity index (χ1) is 12.5. The molecule has 4 nitrogen and oxygen atoms in total. The Morgan fingerprint density at radius 3 is 2.41 bits per heavy atom. The van der Waals surface area contributed by atoms with Crippen LogP contribution in [0.3, 0.4) is 0 Å². The van der Waals surface area contributed by atoms with Gasteiger partial charge in [-0.1, -0.05) is 26.8 Å². The van der Waals surface area contributed by atoms with Crippen molar-refractivity contribution in [2.75, 3.05) is 0 Å². The highest BCUT2D eigenvalue weighted by Crippen LogP contribution is 2.47. The number of Topliss-reactive ketones (excluding diaryl/α,β-unsaturated/α-hetero) is 1. The molecule has 147 valence electrons. The monoisotopic (exact) mass is 390 g/mol. The molecule has 4 atom stereocenters. The van der Waals surface area contributed by atoms with Gasteiger partial charge >= 0.3 is 0 Å². The Bertz CT molecular complexity index is 773. The van der Waals surface area contributed by atoms with Gasteiger partial charge in [0, 0.05) is 11.5 Å². The van der Waals surface area contributed by atoms with Gasteiger partial charge in [0.05, 0.1) is 17.6 Å². The van der Waals surface area contributed by atoms with Gasteiger partial charge in [0.1, 0.15) is 5.82 Å². The van der Waals surface area contributed by atoms with Crippen LogP contribution in [-0.2, 0) is 15.6 Å². The molecule has 1 heterocycles. The van der Waals surface area contributed by atoms with Gasteiger partial charge in [0.2, 0.25) is 14.9 Å². The fraction of sp³-hybridized carbons (Fsp3) is 0.619. The standard InChI is InChI=1S/C21H29FNO3Si/c1-20(2,3)21(4,26-27(5)6)16-17(23-19(16)25)14-10-8-12-7-9-13(22)11-15(12)18(14)24/h7,9,11,14,16-17H,8,10H2,1-6H3,(H,23,25)/t14-,16-,17-,21-/m1/s1. The number of fused-ring (bicyclic) bond motifs is 1. The number of carbonyl (C=O) groups is 2. The maximum Gasteiger partial charge on any atom is 0.228 e. The Hall–Kier alpha value is -1.53. The van der Waals surface area contributed by atoms with Gasteiger partial charge in [-0.25, -0.2) is 4.39 Å². The molecule has 3 rings (SSSR count). The predicted octanol–water partition coefficient (Wildman–Crippen LogP) is 3.76. The van der Waals surface area contributed by atoms with Crippen LogP contribution in [-0.4, -0.2) is 32.4 Å². The number of halogens is 1. The SMILES string of the molecule is C[Si](C)O[C@](C)([C@H]1C(=O)N[C@@H]1[C@H]1CCc2ccc(F)cc2C1=O)C(C)(C)C. The summed E-state index contributed by atoms with van der Waals surface area (Å²) in [7, 11) is -1.05. The number of β-lactam (4-membered cyclic amide) rings is 1. The lowest BCUT2D eigenvalue weighted by molar-refractivity contribution is -0.161. The summed E-state index contributed by atoms with van der Waals surface area (Å²) in [6, 6.07) is 4.16. The Morgan fingerprint density at radius 1 is 1.19 bits per heavy atom. The van der Waals surface area contributed by atoms with E-state index in [-0.39, 0.29) is 35.0 Å². The van der Waals surface area contributed by atoms with Crippen LogP contribution in [0.5, 0.6) is 0 Å². The number of ketones is 1. The number of aryl methyl sites for hydroxylation is 1. The Morgan fingerprint density at radius 2 is 1.85 bits per heavy atom. The summed E-state index contributed by atoms with van der Waals surface area (Å²) in [5.74, 6) is -1.25. The lowest BCUT2D eigenvalue weighted by Gasteiger charge is -2.56. The van der Waals surface area contributed by atoms with E-state index >= 15 is 0 Å². The number of nitrogens with one attached hydrogen (secondary N) is 1. The van der Waals surface area contributed by atoms with E-state index in [0.717, 1.165) is 12.0 Å². The van der Waals surface area contributed by atoms with Crippen LogP contribution in [0.2, 0.25) is 13.1 Å². The Balaban J connectivity index is 1.93. The summed E-state index contributed by atoms with van der Waals surface area (Å²) >= 11 is 0. The van der Waals surface area contributed by atoms with E-state index in [1.54, 1.807) is 6.07 Å². The highest BCUT2D eigenvalue weighted by Gasteiger charge is 2.60. The quantitative estimate of drug-likeness (QED) is 0.629. The molecule has 1 aromatic carbocycles. The third kappa shape index (κ3) is 3.38. The maximum atomic E-state index is 13.7. The predicted molar refractivity (Wildman–Crippen MR) is 104 cm³/mol. The maximum absolute atomic E-state index is 13.7. The first-order valence-corrected chi connectivity index (χ1v) is 12.0. The summed E-state index contributed by atoms with van der Waals surface area (Å²) in [6.07, 6.45) is 1.38. The largest absolute Gasteiger partial charge is 0.411 e. The summed E-state index contributed by atoms with van der Waals surface area (Å²) in [4.78, 5) is 25.7. The minimum absolute atomic E-state index is 0.0569. The second-order valence-corrected chi connectivity index (χ2v) is 11.2. The van der Waals surface area contributed by atoms with Gasteiger partial charge in [0.15, 0.2) is 5.78 Å². The Kier molecular flexibility index (Phi) is 5.10. The average Bonchev–Trinajstić information content (AvgIpc) is 2.52. The van der Waals surface area contributed by atoms with Gasteiger partial charge in [-0.2, -0.15) is 0 Å². The van der Waals surface area contributed by atoms with Gasteiger partial charge in [-0.05, 0) is 56.0 Å². The molecule has 2 aliphatic rings. The highest BCUT2D eigenvalue weighted by atomic mass is 28.3. The van der Waals surface area contributed by atoms with E-state index in [1.165, 1.54) is 12.1 Å². The Labute approximate surface area is 162 Å². The summed E-state index contributed by atoms with van der Waals surface area (Å²) < 4.78 is 20.1. The molecule has 0 saturated carbocycles. The van der Waals surface area contributed by atoms with Crippen molar-refractivity contribution in [1.29, 1.82) is 0 Å². The zero-order valence-corrected chi connectivity index (χ0v) is 18.0. The molecule has 1 radical (unpaired) electrons. The fourth-order valence-corrected chi connectivity index (χ4v) is 5.70. The number of hydrogen-bond acceptors (Lipinski definition) is 3. The topological polar surface area (TPSA) is 55.4 Å².